The maximum atomic E-state index is 12.2. The Morgan fingerprint density at radius 1 is 1.43 bits per heavy atom. The number of nitrogen functional groups attached to an aromatic ring is 1. The summed E-state index contributed by atoms with van der Waals surface area (Å²) < 4.78 is 10.1. The van der Waals surface area contributed by atoms with Crippen LogP contribution in [0.5, 0.6) is 0 Å². The van der Waals surface area contributed by atoms with Gasteiger partial charge in [0.05, 0.1) is 12.2 Å². The lowest BCUT2D eigenvalue weighted by molar-refractivity contribution is -0.0974. The van der Waals surface area contributed by atoms with Gasteiger partial charge in [0.25, 0.3) is 5.91 Å². The van der Waals surface area contributed by atoms with Gasteiger partial charge in [0.1, 0.15) is 9.71 Å². The third kappa shape index (κ3) is 3.15. The molecule has 1 amide bonds. The first kappa shape index (κ1) is 15.7. The number of aromatic nitrogens is 1. The van der Waals surface area contributed by atoms with Crippen LogP contribution in [0.2, 0.25) is 0 Å². The second-order valence-corrected chi connectivity index (χ2v) is 5.72. The Hall–Kier alpha value is -1.70. The van der Waals surface area contributed by atoms with E-state index in [4.69, 9.17) is 15.2 Å². The molecule has 6 nitrogen and oxygen atoms in total. The Morgan fingerprint density at radius 2 is 2.10 bits per heavy atom. The molecule has 0 fully saturated rings. The van der Waals surface area contributed by atoms with Gasteiger partial charge in [0.2, 0.25) is 0 Å². The number of hydrogen-bond donors (Lipinski definition) is 2. The molecule has 0 bridgehead atoms. The van der Waals surface area contributed by atoms with Crippen molar-refractivity contribution in [1.29, 1.82) is 0 Å². The Labute approximate surface area is 127 Å². The third-order valence-electron chi connectivity index (χ3n) is 3.19. The molecule has 0 radical (unpaired) electrons. The molecule has 0 aliphatic rings. The van der Waals surface area contributed by atoms with Crippen LogP contribution in [0.25, 0.3) is 10.2 Å². The molecule has 7 heteroatoms. The lowest BCUT2D eigenvalue weighted by Crippen LogP contribution is -2.34. The summed E-state index contributed by atoms with van der Waals surface area (Å²) >= 11 is 1.30. The summed E-state index contributed by atoms with van der Waals surface area (Å²) in [4.78, 5) is 17.9. The van der Waals surface area contributed by atoms with Gasteiger partial charge >= 0.3 is 0 Å². The molecule has 0 aromatic carbocycles. The number of thiophene rings is 1. The van der Waals surface area contributed by atoms with Crippen molar-refractivity contribution in [2.45, 2.75) is 20.1 Å². The predicted molar refractivity (Wildman–Crippen MR) is 83.6 cm³/mol. The van der Waals surface area contributed by atoms with E-state index in [0.717, 1.165) is 21.5 Å². The number of pyridine rings is 1. The highest BCUT2D eigenvalue weighted by Crippen LogP contribution is 2.34. The minimum Gasteiger partial charge on any atom is -0.397 e. The van der Waals surface area contributed by atoms with Gasteiger partial charge in [-0.2, -0.15) is 0 Å². The Balaban J connectivity index is 2.28. The van der Waals surface area contributed by atoms with Crippen LogP contribution in [0.1, 0.15) is 20.9 Å². The number of rotatable bonds is 5. The second kappa shape index (κ2) is 6.38. The molecule has 0 atom stereocenters. The topological polar surface area (TPSA) is 86.5 Å². The van der Waals surface area contributed by atoms with Crippen LogP contribution in [-0.2, 0) is 9.47 Å². The lowest BCUT2D eigenvalue weighted by atomic mass is 10.1. The van der Waals surface area contributed by atoms with Crippen molar-refractivity contribution in [3.05, 3.63) is 22.2 Å². The van der Waals surface area contributed by atoms with Crippen molar-refractivity contribution in [3.8, 4) is 0 Å². The number of fused-ring (bicyclic) bond motifs is 1. The van der Waals surface area contributed by atoms with E-state index in [2.05, 4.69) is 10.3 Å². The smallest absolute Gasteiger partial charge is 0.263 e. The fourth-order valence-corrected chi connectivity index (χ4v) is 3.29. The molecule has 0 spiro atoms. The van der Waals surface area contributed by atoms with Gasteiger partial charge in [0.15, 0.2) is 6.29 Å². The predicted octanol–water partition coefficient (Wildman–Crippen LogP) is 1.84. The van der Waals surface area contributed by atoms with Gasteiger partial charge in [0, 0.05) is 25.3 Å². The average molecular weight is 309 g/mol. The molecule has 0 aliphatic heterocycles. The molecule has 2 rings (SSSR count). The number of nitrogens with two attached hydrogens (primary N) is 1. The van der Waals surface area contributed by atoms with Crippen molar-refractivity contribution in [1.82, 2.24) is 10.3 Å². The van der Waals surface area contributed by atoms with Crippen LogP contribution in [0.3, 0.4) is 0 Å². The quantitative estimate of drug-likeness (QED) is 0.823. The number of ether oxygens (including phenoxy) is 2. The van der Waals surface area contributed by atoms with Gasteiger partial charge < -0.3 is 20.5 Å². The van der Waals surface area contributed by atoms with E-state index < -0.39 is 6.29 Å². The van der Waals surface area contributed by atoms with Gasteiger partial charge in [-0.1, -0.05) is 0 Å². The molecular weight excluding hydrogens is 290 g/mol. The van der Waals surface area contributed by atoms with Crippen molar-refractivity contribution < 1.29 is 14.3 Å². The van der Waals surface area contributed by atoms with Gasteiger partial charge in [-0.25, -0.2) is 4.98 Å². The summed E-state index contributed by atoms with van der Waals surface area (Å²) in [6, 6.07) is 1.96. The van der Waals surface area contributed by atoms with Crippen LogP contribution in [0, 0.1) is 13.8 Å². The minimum atomic E-state index is -0.480. The molecule has 2 heterocycles. The summed E-state index contributed by atoms with van der Waals surface area (Å²) in [6.45, 7) is 4.14. The summed E-state index contributed by atoms with van der Waals surface area (Å²) in [5.74, 6) is -0.244. The highest BCUT2D eigenvalue weighted by Gasteiger charge is 2.19. The van der Waals surface area contributed by atoms with Crippen molar-refractivity contribution >= 4 is 33.1 Å². The first-order chi connectivity index (χ1) is 9.97. The van der Waals surface area contributed by atoms with Gasteiger partial charge in [-0.15, -0.1) is 11.3 Å². The largest absolute Gasteiger partial charge is 0.397 e. The van der Waals surface area contributed by atoms with Gasteiger partial charge in [-0.3, -0.25) is 4.79 Å². The Morgan fingerprint density at radius 3 is 2.71 bits per heavy atom. The monoisotopic (exact) mass is 309 g/mol. The third-order valence-corrected chi connectivity index (χ3v) is 4.28. The standard InChI is InChI=1S/C14H19N3O3S/c1-7-5-8(2)17-14-10(7)11(15)12(21-14)13(18)16-6-9(19-3)20-4/h5,9H,6,15H2,1-4H3,(H,16,18). The number of carbonyl (C=O) groups is 1. The number of anilines is 1. The normalized spacial score (nSPS) is 11.3. The van der Waals surface area contributed by atoms with E-state index in [1.807, 2.05) is 19.9 Å². The number of nitrogens with one attached hydrogen (secondary N) is 1. The summed E-state index contributed by atoms with van der Waals surface area (Å²) in [5.41, 5.74) is 8.52. The number of methoxy groups -OCH3 is 2. The molecule has 3 N–H and O–H groups in total. The lowest BCUT2D eigenvalue weighted by Gasteiger charge is -2.13. The molecule has 0 saturated heterocycles. The maximum absolute atomic E-state index is 12.2. The first-order valence-electron chi connectivity index (χ1n) is 6.48. The van der Waals surface area contributed by atoms with E-state index in [9.17, 15) is 4.79 Å². The molecule has 21 heavy (non-hydrogen) atoms. The molecule has 0 aliphatic carbocycles. The SMILES string of the molecule is COC(CNC(=O)c1sc2nc(C)cc(C)c2c1N)OC. The number of nitrogens with zero attached hydrogens (tertiary/aromatic N) is 1. The highest BCUT2D eigenvalue weighted by molar-refractivity contribution is 7.21. The van der Waals surface area contributed by atoms with E-state index in [-0.39, 0.29) is 12.5 Å². The highest BCUT2D eigenvalue weighted by atomic mass is 32.1. The molecule has 2 aromatic heterocycles. The first-order valence-corrected chi connectivity index (χ1v) is 7.29. The van der Waals surface area contributed by atoms with Crippen LogP contribution >= 0.6 is 11.3 Å². The zero-order valence-corrected chi connectivity index (χ0v) is 13.3. The minimum absolute atomic E-state index is 0.244. The summed E-state index contributed by atoms with van der Waals surface area (Å²) in [6.07, 6.45) is -0.480. The maximum Gasteiger partial charge on any atom is 0.263 e. The van der Waals surface area contributed by atoms with Crippen molar-refractivity contribution in [2.75, 3.05) is 26.5 Å². The average Bonchev–Trinajstić information content (AvgIpc) is 2.76. The molecule has 114 valence electrons. The van der Waals surface area contributed by atoms with Crippen molar-refractivity contribution in [3.63, 3.8) is 0 Å². The molecule has 2 aromatic rings. The van der Waals surface area contributed by atoms with E-state index >= 15 is 0 Å². The van der Waals surface area contributed by atoms with E-state index in [1.54, 1.807) is 0 Å². The summed E-state index contributed by atoms with van der Waals surface area (Å²) in [5, 5.41) is 3.60. The fraction of sp³-hybridized carbons (Fsp3) is 0.429. The molecule has 0 saturated carbocycles. The number of hydrogen-bond acceptors (Lipinski definition) is 6. The number of carbonyl (C=O) groups excluding carboxylic acids is 1. The number of amides is 1. The van der Waals surface area contributed by atoms with Crippen LogP contribution in [0.15, 0.2) is 6.07 Å². The molecular formula is C14H19N3O3S. The van der Waals surface area contributed by atoms with E-state index in [1.165, 1.54) is 25.6 Å². The Bertz CT molecular complexity index is 665. The fourth-order valence-electron chi connectivity index (χ4n) is 2.16. The van der Waals surface area contributed by atoms with Crippen LogP contribution in [-0.4, -0.2) is 37.9 Å². The number of aryl methyl sites for hydroxylation is 2. The van der Waals surface area contributed by atoms with E-state index in [0.29, 0.717) is 10.6 Å². The van der Waals surface area contributed by atoms with Gasteiger partial charge in [-0.05, 0) is 25.5 Å². The van der Waals surface area contributed by atoms with Crippen molar-refractivity contribution in [2.24, 2.45) is 0 Å². The second-order valence-electron chi connectivity index (χ2n) is 4.72. The zero-order valence-electron chi connectivity index (χ0n) is 12.5. The van der Waals surface area contributed by atoms with Crippen LogP contribution < -0.4 is 11.1 Å². The zero-order chi connectivity index (χ0) is 15.6. The molecule has 0 unspecified atom stereocenters. The summed E-state index contributed by atoms with van der Waals surface area (Å²) in [7, 11) is 3.04. The Kier molecular flexibility index (Phi) is 4.76. The van der Waals surface area contributed by atoms with Crippen LogP contribution in [0.4, 0.5) is 5.69 Å².